The van der Waals surface area contributed by atoms with Gasteiger partial charge < -0.3 is 14.7 Å². The topological polar surface area (TPSA) is 70.1 Å². The molecule has 1 unspecified atom stereocenters. The lowest BCUT2D eigenvalue weighted by Gasteiger charge is -2.30. The van der Waals surface area contributed by atoms with E-state index in [-0.39, 0.29) is 6.03 Å². The molecule has 0 bridgehead atoms. The number of fused-ring (bicyclic) bond motifs is 1. The van der Waals surface area contributed by atoms with Gasteiger partial charge in [-0.3, -0.25) is 4.90 Å². The van der Waals surface area contributed by atoms with Crippen LogP contribution in [-0.4, -0.2) is 54.9 Å². The predicted molar refractivity (Wildman–Crippen MR) is 78.6 cm³/mol. The molecule has 6 heteroatoms. The summed E-state index contributed by atoms with van der Waals surface area (Å²) in [6.07, 6.45) is 0.346. The summed E-state index contributed by atoms with van der Waals surface area (Å²) in [5, 5.41) is 9.40. The normalized spacial score (nSPS) is 16.7. The highest BCUT2D eigenvalue weighted by molar-refractivity contribution is 6.01. The second-order valence-electron chi connectivity index (χ2n) is 4.91. The minimum absolute atomic E-state index is 0.285. The number of likely N-dealkylation sites (N-methyl/N-ethyl adjacent to an activating group) is 1. The quantitative estimate of drug-likeness (QED) is 0.894. The number of methoxy groups -OCH3 is 1. The minimum atomic E-state index is -0.984. The second-order valence-corrected chi connectivity index (χ2v) is 4.91. The van der Waals surface area contributed by atoms with Crippen molar-refractivity contribution < 1.29 is 19.4 Å². The van der Waals surface area contributed by atoms with Crippen molar-refractivity contribution in [1.29, 1.82) is 0 Å². The molecule has 1 aromatic carbocycles. The number of rotatable bonds is 5. The highest BCUT2D eigenvalue weighted by Crippen LogP contribution is 2.33. The van der Waals surface area contributed by atoms with Crippen molar-refractivity contribution in [1.82, 2.24) is 4.90 Å². The molecule has 0 aliphatic carbocycles. The molecule has 1 N–H and O–H groups in total. The van der Waals surface area contributed by atoms with E-state index in [2.05, 4.69) is 0 Å². The van der Waals surface area contributed by atoms with Crippen LogP contribution in [0.5, 0.6) is 0 Å². The van der Waals surface area contributed by atoms with Crippen molar-refractivity contribution >= 4 is 17.7 Å². The predicted octanol–water partition coefficient (Wildman–Crippen LogP) is 1.59. The van der Waals surface area contributed by atoms with E-state index in [4.69, 9.17) is 4.74 Å². The first-order valence-electron chi connectivity index (χ1n) is 6.98. The van der Waals surface area contributed by atoms with Gasteiger partial charge in [-0.2, -0.15) is 0 Å². The molecule has 1 heterocycles. The highest BCUT2D eigenvalue weighted by atomic mass is 16.5. The molecule has 1 aliphatic rings. The Labute approximate surface area is 123 Å². The van der Waals surface area contributed by atoms with Gasteiger partial charge in [0.05, 0.1) is 6.61 Å². The first-order chi connectivity index (χ1) is 10.1. The number of carboxylic acid groups (broad SMARTS) is 1. The molecule has 0 aromatic heterocycles. The number of hydrogen-bond donors (Lipinski definition) is 1. The van der Waals surface area contributed by atoms with Crippen molar-refractivity contribution in [2.45, 2.75) is 19.4 Å². The molecule has 1 aromatic rings. The number of anilines is 1. The van der Waals surface area contributed by atoms with E-state index in [1.165, 1.54) is 4.90 Å². The zero-order valence-electron chi connectivity index (χ0n) is 12.3. The molecule has 0 saturated carbocycles. The molecular weight excluding hydrogens is 272 g/mol. The summed E-state index contributed by atoms with van der Waals surface area (Å²) in [6, 6.07) is 6.20. The first kappa shape index (κ1) is 15.3. The summed E-state index contributed by atoms with van der Waals surface area (Å²) in [6.45, 7) is 3.24. The Balaban J connectivity index is 2.29. The maximum absolute atomic E-state index is 12.7. The third-order valence-corrected chi connectivity index (χ3v) is 3.68. The summed E-state index contributed by atoms with van der Waals surface area (Å²) in [4.78, 5) is 27.2. The Bertz CT molecular complexity index is 532. The highest BCUT2D eigenvalue weighted by Gasteiger charge is 2.39. The van der Waals surface area contributed by atoms with E-state index in [1.807, 2.05) is 25.1 Å². The summed E-state index contributed by atoms with van der Waals surface area (Å²) in [5.74, 6) is -0.984. The van der Waals surface area contributed by atoms with Crippen LogP contribution in [0.4, 0.5) is 10.5 Å². The van der Waals surface area contributed by atoms with Crippen LogP contribution in [0.25, 0.3) is 0 Å². The van der Waals surface area contributed by atoms with Crippen LogP contribution in [0.15, 0.2) is 24.3 Å². The number of para-hydroxylation sites is 1. The average Bonchev–Trinajstić information content (AvgIpc) is 2.87. The third kappa shape index (κ3) is 3.00. The van der Waals surface area contributed by atoms with Gasteiger partial charge in [-0.05, 0) is 18.6 Å². The zero-order valence-corrected chi connectivity index (χ0v) is 12.3. The Morgan fingerprint density at radius 2 is 2.14 bits per heavy atom. The molecule has 21 heavy (non-hydrogen) atoms. The number of urea groups is 1. The number of carboxylic acids is 1. The summed E-state index contributed by atoms with van der Waals surface area (Å²) >= 11 is 0. The average molecular weight is 292 g/mol. The van der Waals surface area contributed by atoms with E-state index >= 15 is 0 Å². The lowest BCUT2D eigenvalue weighted by atomic mass is 10.1. The number of carbonyl (C=O) groups excluding carboxylic acids is 1. The molecule has 0 spiro atoms. The molecule has 2 rings (SSSR count). The minimum Gasteiger partial charge on any atom is -0.480 e. The van der Waals surface area contributed by atoms with Crippen molar-refractivity contribution in [2.75, 3.05) is 31.7 Å². The number of benzene rings is 1. The molecule has 0 radical (unpaired) electrons. The van der Waals surface area contributed by atoms with E-state index in [1.54, 1.807) is 18.1 Å². The van der Waals surface area contributed by atoms with Gasteiger partial charge in [0.15, 0.2) is 0 Å². The van der Waals surface area contributed by atoms with Crippen molar-refractivity contribution in [3.05, 3.63) is 29.8 Å². The van der Waals surface area contributed by atoms with Gasteiger partial charge >= 0.3 is 12.0 Å². The van der Waals surface area contributed by atoms with Crippen molar-refractivity contribution in [3.63, 3.8) is 0 Å². The van der Waals surface area contributed by atoms with Gasteiger partial charge in [-0.15, -0.1) is 0 Å². The van der Waals surface area contributed by atoms with Crippen LogP contribution in [0.2, 0.25) is 0 Å². The van der Waals surface area contributed by atoms with Gasteiger partial charge in [-0.1, -0.05) is 18.2 Å². The SMILES string of the molecule is CCN(CCOC)C(=O)N1c2ccccc2CC1C(=O)O. The number of aliphatic carboxylic acids is 1. The Hall–Kier alpha value is -2.08. The van der Waals surface area contributed by atoms with Gasteiger partial charge in [-0.25, -0.2) is 9.59 Å². The third-order valence-electron chi connectivity index (χ3n) is 3.68. The smallest absolute Gasteiger partial charge is 0.327 e. The van der Waals surface area contributed by atoms with E-state index in [0.29, 0.717) is 31.8 Å². The number of carbonyl (C=O) groups is 2. The second kappa shape index (κ2) is 6.58. The number of nitrogens with zero attached hydrogens (tertiary/aromatic N) is 2. The fraction of sp³-hybridized carbons (Fsp3) is 0.467. The summed E-state index contributed by atoms with van der Waals surface area (Å²) in [5.41, 5.74) is 1.58. The van der Waals surface area contributed by atoms with Gasteiger partial charge in [0.25, 0.3) is 0 Å². The zero-order chi connectivity index (χ0) is 15.4. The monoisotopic (exact) mass is 292 g/mol. The summed E-state index contributed by atoms with van der Waals surface area (Å²) in [7, 11) is 1.57. The molecule has 0 saturated heterocycles. The molecule has 0 fully saturated rings. The largest absolute Gasteiger partial charge is 0.480 e. The lowest BCUT2D eigenvalue weighted by molar-refractivity contribution is -0.138. The standard InChI is InChI=1S/C15H20N2O4/c1-3-16(8-9-21-2)15(20)17-12-7-5-4-6-11(12)10-13(17)14(18)19/h4-7,13H,3,8-10H2,1-2H3,(H,18,19). The fourth-order valence-electron chi connectivity index (χ4n) is 2.56. The van der Waals surface area contributed by atoms with Gasteiger partial charge in [0.1, 0.15) is 6.04 Å². The Morgan fingerprint density at radius 3 is 2.76 bits per heavy atom. The van der Waals surface area contributed by atoms with E-state index in [0.717, 1.165) is 5.56 Å². The maximum atomic E-state index is 12.7. The van der Waals surface area contributed by atoms with E-state index in [9.17, 15) is 14.7 Å². The van der Waals surface area contributed by atoms with Gasteiger partial charge in [0.2, 0.25) is 0 Å². The molecule has 114 valence electrons. The molecule has 2 amide bonds. The van der Waals surface area contributed by atoms with Crippen LogP contribution in [0, 0.1) is 0 Å². The Kier molecular flexibility index (Phi) is 4.80. The first-order valence-corrected chi connectivity index (χ1v) is 6.98. The molecule has 1 aliphatic heterocycles. The van der Waals surface area contributed by atoms with Crippen LogP contribution in [-0.2, 0) is 16.0 Å². The Morgan fingerprint density at radius 1 is 1.43 bits per heavy atom. The van der Waals surface area contributed by atoms with E-state index < -0.39 is 12.0 Å². The summed E-state index contributed by atoms with van der Waals surface area (Å²) < 4.78 is 5.00. The number of ether oxygens (including phenoxy) is 1. The molecule has 6 nitrogen and oxygen atoms in total. The van der Waals surface area contributed by atoms with Crippen LogP contribution >= 0.6 is 0 Å². The van der Waals surface area contributed by atoms with Crippen LogP contribution < -0.4 is 4.90 Å². The van der Waals surface area contributed by atoms with Crippen LogP contribution in [0.3, 0.4) is 0 Å². The van der Waals surface area contributed by atoms with Crippen molar-refractivity contribution in [3.8, 4) is 0 Å². The maximum Gasteiger partial charge on any atom is 0.327 e. The number of hydrogen-bond acceptors (Lipinski definition) is 3. The van der Waals surface area contributed by atoms with Gasteiger partial charge in [0, 0.05) is 32.3 Å². The molecular formula is C15H20N2O4. The number of amides is 2. The fourth-order valence-corrected chi connectivity index (χ4v) is 2.56. The van der Waals surface area contributed by atoms with Crippen molar-refractivity contribution in [2.24, 2.45) is 0 Å². The van der Waals surface area contributed by atoms with Crippen LogP contribution in [0.1, 0.15) is 12.5 Å². The molecule has 1 atom stereocenters. The lowest BCUT2D eigenvalue weighted by Crippen LogP contribution is -2.50.